The van der Waals surface area contributed by atoms with Gasteiger partial charge in [0.05, 0.1) is 5.70 Å². The third-order valence-corrected chi connectivity index (χ3v) is 6.03. The Labute approximate surface area is 230 Å². The number of hydrogen-bond acceptors (Lipinski definition) is 5. The summed E-state index contributed by atoms with van der Waals surface area (Å²) in [6.45, 7) is 12.0. The first-order valence-electron chi connectivity index (χ1n) is 13.3. The molecule has 2 heterocycles. The predicted molar refractivity (Wildman–Crippen MR) is 166 cm³/mol. The summed E-state index contributed by atoms with van der Waals surface area (Å²) in [6, 6.07) is 23.7. The molecule has 0 saturated carbocycles. The monoisotopic (exact) mass is 513 g/mol. The van der Waals surface area contributed by atoms with Crippen LogP contribution in [-0.4, -0.2) is 24.6 Å². The Morgan fingerprint density at radius 1 is 0.868 bits per heavy atom. The number of fused-ring (bicyclic) bond motifs is 1. The summed E-state index contributed by atoms with van der Waals surface area (Å²) >= 11 is 0. The lowest BCUT2D eigenvalue weighted by atomic mass is 10.0. The van der Waals surface area contributed by atoms with Crippen LogP contribution in [0.5, 0.6) is 0 Å². The molecule has 0 bridgehead atoms. The van der Waals surface area contributed by atoms with Crippen LogP contribution in [-0.2, 0) is 0 Å². The van der Waals surface area contributed by atoms with Gasteiger partial charge in [0.2, 0.25) is 0 Å². The van der Waals surface area contributed by atoms with Crippen LogP contribution in [0, 0.1) is 13.8 Å². The van der Waals surface area contributed by atoms with E-state index in [2.05, 4.69) is 44.5 Å². The van der Waals surface area contributed by atoms with Crippen molar-refractivity contribution in [3.05, 3.63) is 113 Å². The first-order chi connectivity index (χ1) is 18.6. The second kappa shape index (κ2) is 14.0. The molecule has 0 fully saturated rings. The molecule has 2 aliphatic heterocycles. The molecule has 1 amide bonds. The van der Waals surface area contributed by atoms with Crippen LogP contribution in [0.3, 0.4) is 0 Å². The van der Waals surface area contributed by atoms with Gasteiger partial charge in [0.15, 0.2) is 6.29 Å². The largest absolute Gasteiger partial charge is 0.353 e. The minimum Gasteiger partial charge on any atom is -0.353 e. The lowest BCUT2D eigenvalue weighted by Gasteiger charge is -2.35. The fraction of sp³-hybridized carbons (Fsp3) is 0.250. The molecule has 0 spiro atoms. The van der Waals surface area contributed by atoms with Crippen molar-refractivity contribution in [3.63, 3.8) is 0 Å². The molecule has 0 saturated heterocycles. The van der Waals surface area contributed by atoms with Gasteiger partial charge in [0, 0.05) is 31.6 Å². The molecule has 202 valence electrons. The number of hydrogen-bond donors (Lipinski definition) is 4. The summed E-state index contributed by atoms with van der Waals surface area (Å²) in [4.78, 5) is 17.4. The van der Waals surface area contributed by atoms with Crippen LogP contribution in [0.2, 0.25) is 0 Å². The minimum absolute atomic E-state index is 0. The third kappa shape index (κ3) is 6.78. The third-order valence-electron chi connectivity index (χ3n) is 6.03. The summed E-state index contributed by atoms with van der Waals surface area (Å²) in [5, 5.41) is 13.5. The average Bonchev–Trinajstić information content (AvgIpc) is 2.97. The molecule has 0 aliphatic carbocycles. The molecule has 0 radical (unpaired) electrons. The SMILES string of the molecule is CC.CC.Cc1cccc(C)c1NC(=O)c1ccc(NC2NC(c3ccccc3)=C3C=CC=NC3N2)cc1.[HH].[HH]. The summed E-state index contributed by atoms with van der Waals surface area (Å²) in [6.07, 6.45) is 5.48. The van der Waals surface area contributed by atoms with E-state index in [-0.39, 0.29) is 21.2 Å². The second-order valence-electron chi connectivity index (χ2n) is 8.44. The number of allylic oxidation sites excluding steroid dienone is 1. The Hall–Kier alpha value is -4.16. The molecule has 38 heavy (non-hydrogen) atoms. The molecule has 6 nitrogen and oxygen atoms in total. The lowest BCUT2D eigenvalue weighted by Crippen LogP contribution is -2.55. The maximum atomic E-state index is 12.8. The van der Waals surface area contributed by atoms with Gasteiger partial charge in [0.1, 0.15) is 6.17 Å². The smallest absolute Gasteiger partial charge is 0.255 e. The number of dihydropyridines is 1. The van der Waals surface area contributed by atoms with Gasteiger partial charge < -0.3 is 16.0 Å². The van der Waals surface area contributed by atoms with E-state index < -0.39 is 0 Å². The van der Waals surface area contributed by atoms with Gasteiger partial charge in [0.25, 0.3) is 5.91 Å². The number of benzene rings is 3. The van der Waals surface area contributed by atoms with Crippen molar-refractivity contribution in [3.8, 4) is 0 Å². The molecule has 4 N–H and O–H groups in total. The first kappa shape index (κ1) is 28.4. The normalized spacial score (nSPS) is 17.1. The van der Waals surface area contributed by atoms with E-state index in [4.69, 9.17) is 0 Å². The van der Waals surface area contributed by atoms with Crippen molar-refractivity contribution in [2.45, 2.75) is 54.0 Å². The predicted octanol–water partition coefficient (Wildman–Crippen LogP) is 7.37. The molecule has 0 aromatic heterocycles. The molecule has 2 unspecified atom stereocenters. The number of carbonyl (C=O) groups is 1. The van der Waals surface area contributed by atoms with Gasteiger partial charge in [-0.15, -0.1) is 0 Å². The van der Waals surface area contributed by atoms with E-state index in [1.165, 1.54) is 0 Å². The van der Waals surface area contributed by atoms with Gasteiger partial charge in [-0.2, -0.15) is 0 Å². The van der Waals surface area contributed by atoms with E-state index in [1.807, 2.05) is 114 Å². The molecule has 2 atom stereocenters. The number of carbonyl (C=O) groups excluding carboxylic acids is 1. The molecule has 2 aliphatic rings. The Bertz CT molecular complexity index is 1280. The van der Waals surface area contributed by atoms with Crippen molar-refractivity contribution >= 4 is 29.2 Å². The van der Waals surface area contributed by atoms with Crippen LogP contribution in [0.1, 0.15) is 57.6 Å². The zero-order valence-corrected chi connectivity index (χ0v) is 23.2. The molecule has 6 heteroatoms. The van der Waals surface area contributed by atoms with Crippen molar-refractivity contribution < 1.29 is 7.65 Å². The van der Waals surface area contributed by atoms with E-state index in [1.54, 1.807) is 0 Å². The second-order valence-corrected chi connectivity index (χ2v) is 8.44. The van der Waals surface area contributed by atoms with Gasteiger partial charge in [-0.05, 0) is 60.9 Å². The van der Waals surface area contributed by atoms with Crippen LogP contribution in [0.15, 0.2) is 95.5 Å². The zero-order chi connectivity index (χ0) is 27.5. The van der Waals surface area contributed by atoms with E-state index in [9.17, 15) is 4.79 Å². The minimum atomic E-state index is -0.234. The standard InChI is InChI=1S/C28H27N5O.2C2H6.2H2/c1-18-8-6-9-19(2)24(18)31-27(34)21-13-15-22(16-14-21)30-28-32-25(20-10-4-3-5-11-20)23-12-7-17-29-26(23)33-28;2*1-2;;/h3-17,26,28,30,32-33H,1-2H3,(H,31,34);2*1-2H3;2*1H. The highest BCUT2D eigenvalue weighted by atomic mass is 16.1. The highest BCUT2D eigenvalue weighted by Crippen LogP contribution is 2.26. The van der Waals surface area contributed by atoms with Gasteiger partial charge in [-0.1, -0.05) is 82.3 Å². The number of rotatable bonds is 5. The fourth-order valence-electron chi connectivity index (χ4n) is 4.25. The average molecular weight is 514 g/mol. The van der Waals surface area contributed by atoms with Crippen molar-refractivity contribution in [1.82, 2.24) is 10.6 Å². The molecular weight excluding hydrogens is 470 g/mol. The Kier molecular flexibility index (Phi) is 10.4. The number of nitrogens with zero attached hydrogens (tertiary/aromatic N) is 1. The molecule has 3 aromatic carbocycles. The molecule has 5 rings (SSSR count). The zero-order valence-electron chi connectivity index (χ0n) is 23.2. The topological polar surface area (TPSA) is 77.6 Å². The van der Waals surface area contributed by atoms with Crippen LogP contribution < -0.4 is 21.3 Å². The Morgan fingerprint density at radius 3 is 2.18 bits per heavy atom. The summed E-state index contributed by atoms with van der Waals surface area (Å²) in [5.74, 6) is -0.125. The van der Waals surface area contributed by atoms with E-state index in [0.29, 0.717) is 5.56 Å². The number of amides is 1. The number of aliphatic imine (C=N–C) groups is 1. The highest BCUT2D eigenvalue weighted by Gasteiger charge is 2.27. The van der Waals surface area contributed by atoms with Crippen molar-refractivity contribution in [1.29, 1.82) is 0 Å². The molecule has 3 aromatic rings. The van der Waals surface area contributed by atoms with E-state index >= 15 is 0 Å². The highest BCUT2D eigenvalue weighted by molar-refractivity contribution is 6.05. The van der Waals surface area contributed by atoms with Crippen LogP contribution >= 0.6 is 0 Å². The fourth-order valence-corrected chi connectivity index (χ4v) is 4.25. The Balaban J connectivity index is 0.00000128. The van der Waals surface area contributed by atoms with Gasteiger partial charge >= 0.3 is 0 Å². The first-order valence-corrected chi connectivity index (χ1v) is 13.3. The van der Waals surface area contributed by atoms with Crippen LogP contribution in [0.4, 0.5) is 11.4 Å². The maximum absolute atomic E-state index is 12.8. The van der Waals surface area contributed by atoms with E-state index in [0.717, 1.165) is 39.3 Å². The summed E-state index contributed by atoms with van der Waals surface area (Å²) in [7, 11) is 0. The molecular formula is C32H43N5O. The summed E-state index contributed by atoms with van der Waals surface area (Å²) < 4.78 is 0. The number of para-hydroxylation sites is 1. The van der Waals surface area contributed by atoms with Gasteiger partial charge in [-0.25, -0.2) is 0 Å². The Morgan fingerprint density at radius 2 is 1.53 bits per heavy atom. The number of nitrogens with one attached hydrogen (secondary N) is 4. The van der Waals surface area contributed by atoms with Crippen LogP contribution in [0.25, 0.3) is 5.70 Å². The number of aryl methyl sites for hydroxylation is 2. The number of anilines is 2. The summed E-state index contributed by atoms with van der Waals surface area (Å²) in [5.41, 5.74) is 7.70. The van der Waals surface area contributed by atoms with Gasteiger partial charge in [-0.3, -0.25) is 15.1 Å². The van der Waals surface area contributed by atoms with Crippen molar-refractivity contribution in [2.75, 3.05) is 10.6 Å². The maximum Gasteiger partial charge on any atom is 0.255 e. The quantitative estimate of drug-likeness (QED) is 0.287. The lowest BCUT2D eigenvalue weighted by molar-refractivity contribution is 0.102. The van der Waals surface area contributed by atoms with Crippen molar-refractivity contribution in [2.24, 2.45) is 4.99 Å².